The second-order valence-electron chi connectivity index (χ2n) is 15.3. The van der Waals surface area contributed by atoms with E-state index >= 15 is 4.39 Å². The zero-order chi connectivity index (χ0) is 41.2. The predicted octanol–water partition coefficient (Wildman–Crippen LogP) is 4.17. The number of rotatable bonds is 11. The number of anilines is 3. The third-order valence-electron chi connectivity index (χ3n) is 10.9. The van der Waals surface area contributed by atoms with Crippen molar-refractivity contribution in [1.82, 2.24) is 25.0 Å². The summed E-state index contributed by atoms with van der Waals surface area (Å²) in [6.07, 6.45) is -2.09. The average Bonchev–Trinajstić information content (AvgIpc) is 3.32. The maximum absolute atomic E-state index is 15.5. The summed E-state index contributed by atoms with van der Waals surface area (Å²) in [5, 5.41) is 17.4. The van der Waals surface area contributed by atoms with E-state index < -0.39 is 47.1 Å². The van der Waals surface area contributed by atoms with Gasteiger partial charge in [0.05, 0.1) is 36.7 Å². The number of aromatic nitrogens is 1. The van der Waals surface area contributed by atoms with Crippen LogP contribution in [0, 0.1) is 11.3 Å². The Balaban J connectivity index is 0.943. The quantitative estimate of drug-likeness (QED) is 0.129. The van der Waals surface area contributed by atoms with Gasteiger partial charge in [0.2, 0.25) is 17.7 Å². The summed E-state index contributed by atoms with van der Waals surface area (Å²) in [5.41, 5.74) is -2.23. The van der Waals surface area contributed by atoms with Crippen LogP contribution in [0.5, 0.6) is 0 Å². The Kier molecular flexibility index (Phi) is 12.5. The molecule has 4 heterocycles. The van der Waals surface area contributed by atoms with Crippen molar-refractivity contribution >= 4 is 58.0 Å². The summed E-state index contributed by atoms with van der Waals surface area (Å²) in [6, 6.07) is 8.02. The van der Waals surface area contributed by atoms with Crippen LogP contribution in [-0.2, 0) is 30.1 Å². The fourth-order valence-electron chi connectivity index (χ4n) is 8.02. The molecule has 57 heavy (non-hydrogen) atoms. The molecule has 0 unspecified atom stereocenters. The Morgan fingerprint density at radius 3 is 2.49 bits per heavy atom. The number of hydrogen-bond acceptors (Lipinski definition) is 11. The van der Waals surface area contributed by atoms with E-state index in [-0.39, 0.29) is 60.3 Å². The van der Waals surface area contributed by atoms with Gasteiger partial charge in [0, 0.05) is 49.5 Å². The number of alkyl halides is 4. The number of imide groups is 1. The largest absolute Gasteiger partial charge is 0.419 e. The van der Waals surface area contributed by atoms with Gasteiger partial charge in [-0.1, -0.05) is 6.07 Å². The minimum absolute atomic E-state index is 0.0778. The summed E-state index contributed by atoms with van der Waals surface area (Å²) in [6.45, 7) is 6.56. The number of ether oxygens (including phenoxy) is 1. The number of halogens is 4. The highest BCUT2D eigenvalue weighted by molar-refractivity contribution is 7.80. The first-order valence-electron chi connectivity index (χ1n) is 18.9. The molecule has 1 aromatic carbocycles. The molecule has 0 radical (unpaired) electrons. The summed E-state index contributed by atoms with van der Waals surface area (Å²) in [5.74, 6) is -1.59. The number of carbonyl (C=O) groups is 4. The Hall–Kier alpha value is -4.77. The highest BCUT2D eigenvalue weighted by Gasteiger charge is 2.53. The molecule has 306 valence electrons. The minimum atomic E-state index is -4.84. The number of hydrogen-bond donors (Lipinski definition) is 3. The monoisotopic (exact) mass is 815 g/mol. The topological polar surface area (TPSA) is 163 Å². The average molecular weight is 816 g/mol. The molecule has 4 fully saturated rings. The van der Waals surface area contributed by atoms with Gasteiger partial charge in [0.25, 0.3) is 5.91 Å². The van der Waals surface area contributed by atoms with E-state index in [0.717, 1.165) is 17.2 Å². The van der Waals surface area contributed by atoms with E-state index in [2.05, 4.69) is 20.9 Å². The van der Waals surface area contributed by atoms with E-state index in [1.165, 1.54) is 11.0 Å². The first kappa shape index (κ1) is 41.9. The van der Waals surface area contributed by atoms with Crippen molar-refractivity contribution in [2.75, 3.05) is 48.3 Å². The Morgan fingerprint density at radius 1 is 1.11 bits per heavy atom. The summed E-state index contributed by atoms with van der Waals surface area (Å²) in [4.78, 5) is 60.1. The second-order valence-corrected chi connectivity index (χ2v) is 15.7. The van der Waals surface area contributed by atoms with Crippen LogP contribution in [0.4, 0.5) is 34.6 Å². The van der Waals surface area contributed by atoms with Gasteiger partial charge in [-0.25, -0.2) is 9.37 Å². The lowest BCUT2D eigenvalue weighted by atomic mass is 9.89. The first-order valence-corrected chi connectivity index (χ1v) is 19.3. The van der Waals surface area contributed by atoms with Crippen molar-refractivity contribution in [2.45, 2.75) is 102 Å². The van der Waals surface area contributed by atoms with Crippen LogP contribution in [0.2, 0.25) is 0 Å². The number of piperazine rings is 1. The fraction of sp³-hybridized carbons (Fsp3) is 0.553. The molecule has 0 spiro atoms. The van der Waals surface area contributed by atoms with Crippen molar-refractivity contribution < 1.29 is 41.5 Å². The van der Waals surface area contributed by atoms with Crippen LogP contribution < -0.4 is 20.9 Å². The molecular formula is C38H45F4N9O5S. The van der Waals surface area contributed by atoms with Crippen molar-refractivity contribution in [3.05, 3.63) is 47.8 Å². The van der Waals surface area contributed by atoms with Gasteiger partial charge < -0.3 is 20.3 Å². The van der Waals surface area contributed by atoms with E-state index in [0.29, 0.717) is 63.2 Å². The predicted molar refractivity (Wildman–Crippen MR) is 204 cm³/mol. The zero-order valence-corrected chi connectivity index (χ0v) is 32.6. The molecule has 3 N–H and O–H groups in total. The van der Waals surface area contributed by atoms with Gasteiger partial charge in [0.15, 0.2) is 17.1 Å². The number of thiocarbonyl (C=S) groups is 1. The Labute approximate surface area is 332 Å². The van der Waals surface area contributed by atoms with Crippen molar-refractivity contribution in [2.24, 2.45) is 0 Å². The molecule has 1 aromatic heterocycles. The van der Waals surface area contributed by atoms with E-state index in [4.69, 9.17) is 22.2 Å². The molecule has 4 amide bonds. The van der Waals surface area contributed by atoms with E-state index in [9.17, 15) is 32.3 Å². The lowest BCUT2D eigenvalue weighted by Gasteiger charge is -2.42. The number of nitrogens with zero attached hydrogens (tertiary/aromatic N) is 6. The van der Waals surface area contributed by atoms with Crippen LogP contribution >= 0.6 is 12.2 Å². The molecule has 3 saturated heterocycles. The zero-order valence-electron chi connectivity index (χ0n) is 31.8. The highest BCUT2D eigenvalue weighted by Crippen LogP contribution is 2.40. The smallest absolute Gasteiger partial charge is 0.377 e. The number of amides is 4. The van der Waals surface area contributed by atoms with Crippen molar-refractivity contribution in [3.8, 4) is 6.07 Å². The van der Waals surface area contributed by atoms with Gasteiger partial charge in [-0.3, -0.25) is 39.2 Å². The van der Waals surface area contributed by atoms with Gasteiger partial charge in [-0.05, 0) is 89.4 Å². The molecule has 1 saturated carbocycles. The third-order valence-corrected chi connectivity index (χ3v) is 11.3. The second kappa shape index (κ2) is 17.0. The van der Waals surface area contributed by atoms with Crippen LogP contribution in [-0.4, -0.2) is 117 Å². The van der Waals surface area contributed by atoms with Crippen LogP contribution in [0.15, 0.2) is 36.5 Å². The SMILES string of the molecule is C[C@H]1CN(CCOC2CCC(N3C(=S)N(c4cnc(C#N)c(C(F)(F)F)c4)C(=O)C3(C)C)CC2)C[C@@H](F)N1CC(=O)Nc1cccc(N[C@H]2CCC(=O)NC2=O)c1. The van der Waals surface area contributed by atoms with Crippen molar-refractivity contribution in [3.63, 3.8) is 0 Å². The number of pyridine rings is 1. The van der Waals surface area contributed by atoms with Gasteiger partial charge in [-0.2, -0.15) is 18.4 Å². The molecule has 14 nitrogen and oxygen atoms in total. The minimum Gasteiger partial charge on any atom is -0.377 e. The highest BCUT2D eigenvalue weighted by atomic mass is 32.1. The normalized spacial score (nSPS) is 26.0. The Bertz CT molecular complexity index is 1920. The van der Waals surface area contributed by atoms with Crippen molar-refractivity contribution in [1.29, 1.82) is 5.26 Å². The summed E-state index contributed by atoms with van der Waals surface area (Å²) in [7, 11) is 0. The van der Waals surface area contributed by atoms with Gasteiger partial charge >= 0.3 is 6.18 Å². The lowest BCUT2D eigenvalue weighted by Crippen LogP contribution is -2.58. The number of piperidine rings is 1. The molecule has 3 aliphatic heterocycles. The van der Waals surface area contributed by atoms with Crippen LogP contribution in [0.3, 0.4) is 0 Å². The molecule has 3 atom stereocenters. The molecule has 1 aliphatic carbocycles. The van der Waals surface area contributed by atoms with Gasteiger partial charge in [0.1, 0.15) is 17.6 Å². The molecule has 6 rings (SSSR count). The maximum atomic E-state index is 15.5. The number of carbonyl (C=O) groups excluding carboxylic acids is 4. The van der Waals surface area contributed by atoms with E-state index in [1.807, 2.05) is 11.8 Å². The molecule has 0 bridgehead atoms. The Morgan fingerprint density at radius 2 is 1.82 bits per heavy atom. The summed E-state index contributed by atoms with van der Waals surface area (Å²) < 4.78 is 62.7. The number of benzene rings is 1. The number of nitriles is 1. The molecule has 4 aliphatic rings. The maximum Gasteiger partial charge on any atom is 0.419 e. The first-order chi connectivity index (χ1) is 27.0. The molecule has 2 aromatic rings. The lowest BCUT2D eigenvalue weighted by molar-refractivity contribution is -0.138. The van der Waals surface area contributed by atoms with Gasteiger partial charge in [-0.15, -0.1) is 0 Å². The molecule has 19 heteroatoms. The number of nitrogens with one attached hydrogen (secondary N) is 3. The third kappa shape index (κ3) is 9.35. The van der Waals surface area contributed by atoms with Crippen LogP contribution in [0.1, 0.15) is 70.6 Å². The van der Waals surface area contributed by atoms with Crippen LogP contribution in [0.25, 0.3) is 0 Å². The summed E-state index contributed by atoms with van der Waals surface area (Å²) >= 11 is 5.68. The standard InChI is InChI=1S/C38H45F4N9O5S/c1-22-19-48(20-31(39)49(22)21-33(53)46-24-6-4-5-23(15-24)45-29-11-12-32(52)47-34(29)54)13-14-56-27-9-7-25(8-10-27)51-36(57)50(35(55)37(51,2)3)26-16-28(38(40,41)42)30(17-43)44-18-26/h4-6,15-16,18,22,25,27,29,31,45H,7-14,19-21H2,1-3H3,(H,46,53)(H,47,52,54)/t22-,25?,27?,29-,31-/m0/s1. The van der Waals surface area contributed by atoms with E-state index in [1.54, 1.807) is 43.0 Å². The molecular weight excluding hydrogens is 771 g/mol. The fourth-order valence-corrected chi connectivity index (χ4v) is 8.59.